The van der Waals surface area contributed by atoms with Crippen LogP contribution in [0.4, 0.5) is 0 Å². The topological polar surface area (TPSA) is 57.6 Å². The quantitative estimate of drug-likeness (QED) is 0.787. The van der Waals surface area contributed by atoms with Crippen molar-refractivity contribution in [1.29, 1.82) is 0 Å². The van der Waals surface area contributed by atoms with E-state index in [9.17, 15) is 4.79 Å². The lowest BCUT2D eigenvalue weighted by molar-refractivity contribution is -0.134. The zero-order valence-electron chi connectivity index (χ0n) is 17.0. The van der Waals surface area contributed by atoms with E-state index in [1.165, 1.54) is 0 Å². The summed E-state index contributed by atoms with van der Waals surface area (Å²) in [5, 5.41) is 7.42. The van der Waals surface area contributed by atoms with Crippen LogP contribution >= 0.6 is 0 Å². The van der Waals surface area contributed by atoms with Gasteiger partial charge in [-0.05, 0) is 38.6 Å². The summed E-state index contributed by atoms with van der Waals surface area (Å²) in [6, 6.07) is 20.7. The van der Waals surface area contributed by atoms with Crippen LogP contribution < -0.4 is 0 Å². The van der Waals surface area contributed by atoms with Crippen molar-refractivity contribution in [3.05, 3.63) is 71.8 Å². The van der Waals surface area contributed by atoms with Crippen LogP contribution in [0.15, 0.2) is 60.7 Å². The number of ketones is 1. The van der Waals surface area contributed by atoms with Gasteiger partial charge in [0.25, 0.3) is 5.97 Å². The number of rotatable bonds is 7. The molecule has 2 aromatic rings. The van der Waals surface area contributed by atoms with Crippen molar-refractivity contribution in [3.8, 4) is 0 Å². The van der Waals surface area contributed by atoms with Gasteiger partial charge in [0.05, 0.1) is 5.41 Å². The van der Waals surface area contributed by atoms with E-state index >= 15 is 0 Å². The molecule has 0 amide bonds. The number of hydrogen-bond donors (Lipinski definition) is 1. The first-order valence-corrected chi connectivity index (χ1v) is 9.26. The van der Waals surface area contributed by atoms with Gasteiger partial charge in [0.1, 0.15) is 5.78 Å². The fourth-order valence-electron chi connectivity index (χ4n) is 3.21. The van der Waals surface area contributed by atoms with Gasteiger partial charge in [-0.3, -0.25) is 9.59 Å². The minimum atomic E-state index is -0.833. The largest absolute Gasteiger partial charge is 0.481 e. The van der Waals surface area contributed by atoms with Crippen LogP contribution in [-0.4, -0.2) is 41.9 Å². The maximum absolute atomic E-state index is 13.2. The van der Waals surface area contributed by atoms with Gasteiger partial charge in [-0.2, -0.15) is 0 Å². The lowest BCUT2D eigenvalue weighted by Gasteiger charge is -2.37. The van der Waals surface area contributed by atoms with Gasteiger partial charge in [-0.15, -0.1) is 0 Å². The average Bonchev–Trinajstić information content (AvgIpc) is 2.66. The van der Waals surface area contributed by atoms with Crippen molar-refractivity contribution < 1.29 is 14.7 Å². The van der Waals surface area contributed by atoms with E-state index in [0.29, 0.717) is 12.5 Å². The zero-order chi connectivity index (χ0) is 20.4. The Morgan fingerprint density at radius 1 is 0.963 bits per heavy atom. The Morgan fingerprint density at radius 3 is 1.63 bits per heavy atom. The Bertz CT molecular complexity index is 667. The average molecular weight is 370 g/mol. The van der Waals surface area contributed by atoms with Crippen LogP contribution in [0, 0.1) is 0 Å². The molecule has 2 rings (SSSR count). The molecule has 4 heteroatoms. The maximum Gasteiger partial charge on any atom is 0.300 e. The SMILES string of the molecule is CC(=O)O.CCC(=O)C(C[C@@H](C)N(C)C)(c1ccccc1)c1ccccc1. The van der Waals surface area contributed by atoms with E-state index in [-0.39, 0.29) is 5.78 Å². The Kier molecular flexibility index (Phi) is 8.89. The predicted octanol–water partition coefficient (Wildman–Crippen LogP) is 4.38. The van der Waals surface area contributed by atoms with Gasteiger partial charge in [0, 0.05) is 19.4 Å². The van der Waals surface area contributed by atoms with Gasteiger partial charge < -0.3 is 10.0 Å². The minimum Gasteiger partial charge on any atom is -0.481 e. The Hall–Kier alpha value is -2.46. The molecule has 0 unspecified atom stereocenters. The molecule has 4 nitrogen and oxygen atoms in total. The molecule has 0 saturated carbocycles. The molecular formula is C23H31NO3. The standard InChI is InChI=1S/C21H27NO.C2H4O2/c1-5-20(23)21(16-17(2)22(3)4,18-12-8-6-9-13-18)19-14-10-7-11-15-19;1-2(3)4/h6-15,17H,5,16H2,1-4H3;1H3,(H,3,4)/t17-;/m1./s1. The van der Waals surface area contributed by atoms with Crippen molar-refractivity contribution in [3.63, 3.8) is 0 Å². The van der Waals surface area contributed by atoms with Crippen LogP contribution in [0.25, 0.3) is 0 Å². The number of aliphatic carboxylic acids is 1. The Balaban J connectivity index is 0.000000828. The number of carbonyl (C=O) groups excluding carboxylic acids is 1. The molecule has 1 N–H and O–H groups in total. The summed E-state index contributed by atoms with van der Waals surface area (Å²) in [4.78, 5) is 24.4. The monoisotopic (exact) mass is 369 g/mol. The smallest absolute Gasteiger partial charge is 0.300 e. The van der Waals surface area contributed by atoms with Crippen LogP contribution in [-0.2, 0) is 15.0 Å². The van der Waals surface area contributed by atoms with E-state index in [2.05, 4.69) is 50.2 Å². The first kappa shape index (κ1) is 22.6. The molecule has 0 spiro atoms. The van der Waals surface area contributed by atoms with E-state index in [0.717, 1.165) is 24.5 Å². The molecule has 0 aliphatic heterocycles. The highest BCUT2D eigenvalue weighted by Crippen LogP contribution is 2.39. The summed E-state index contributed by atoms with van der Waals surface area (Å²) >= 11 is 0. The first-order valence-electron chi connectivity index (χ1n) is 9.26. The third-order valence-corrected chi connectivity index (χ3v) is 4.81. The van der Waals surface area contributed by atoms with Crippen LogP contribution in [0.2, 0.25) is 0 Å². The predicted molar refractivity (Wildman–Crippen MR) is 110 cm³/mol. The molecule has 0 aromatic heterocycles. The zero-order valence-corrected chi connectivity index (χ0v) is 17.0. The van der Waals surface area contributed by atoms with Gasteiger partial charge >= 0.3 is 0 Å². The van der Waals surface area contributed by atoms with Crippen molar-refractivity contribution in [2.24, 2.45) is 0 Å². The fourth-order valence-corrected chi connectivity index (χ4v) is 3.21. The minimum absolute atomic E-state index is 0.281. The van der Waals surface area contributed by atoms with Crippen LogP contribution in [0.1, 0.15) is 44.7 Å². The van der Waals surface area contributed by atoms with Gasteiger partial charge in [0.15, 0.2) is 0 Å². The molecule has 0 saturated heterocycles. The third-order valence-electron chi connectivity index (χ3n) is 4.81. The second kappa shape index (κ2) is 10.6. The van der Waals surface area contributed by atoms with Crippen molar-refractivity contribution in [1.82, 2.24) is 4.90 Å². The summed E-state index contributed by atoms with van der Waals surface area (Å²) in [6.07, 6.45) is 1.31. The molecular weight excluding hydrogens is 338 g/mol. The molecule has 2 aromatic carbocycles. The van der Waals surface area contributed by atoms with Crippen LogP contribution in [0.5, 0.6) is 0 Å². The normalized spacial score (nSPS) is 12.1. The van der Waals surface area contributed by atoms with Crippen molar-refractivity contribution >= 4 is 11.8 Å². The van der Waals surface area contributed by atoms with E-state index < -0.39 is 11.4 Å². The summed E-state index contributed by atoms with van der Waals surface area (Å²) in [7, 11) is 4.14. The van der Waals surface area contributed by atoms with Gasteiger partial charge in [0.2, 0.25) is 0 Å². The third kappa shape index (κ3) is 6.04. The van der Waals surface area contributed by atoms with Crippen molar-refractivity contribution in [2.75, 3.05) is 14.1 Å². The van der Waals surface area contributed by atoms with Crippen LogP contribution in [0.3, 0.4) is 0 Å². The van der Waals surface area contributed by atoms with Gasteiger partial charge in [-0.25, -0.2) is 0 Å². The fraction of sp³-hybridized carbons (Fsp3) is 0.391. The number of carboxylic acid groups (broad SMARTS) is 1. The number of carboxylic acids is 1. The second-order valence-electron chi connectivity index (χ2n) is 6.95. The van der Waals surface area contributed by atoms with Crippen molar-refractivity contribution in [2.45, 2.75) is 45.1 Å². The number of nitrogens with zero attached hydrogens (tertiary/aromatic N) is 1. The maximum atomic E-state index is 13.2. The Labute approximate surface area is 162 Å². The molecule has 0 fully saturated rings. The summed E-state index contributed by atoms with van der Waals surface area (Å²) in [6.45, 7) is 5.23. The number of carbonyl (C=O) groups is 2. The molecule has 1 atom stereocenters. The first-order chi connectivity index (χ1) is 12.8. The molecule has 0 heterocycles. The number of Topliss-reactive ketones (excluding diaryl/α,β-unsaturated/α-hetero) is 1. The molecule has 0 aliphatic rings. The Morgan fingerprint density at radius 2 is 1.33 bits per heavy atom. The highest BCUT2D eigenvalue weighted by molar-refractivity contribution is 5.93. The van der Waals surface area contributed by atoms with Gasteiger partial charge in [-0.1, -0.05) is 67.6 Å². The highest BCUT2D eigenvalue weighted by atomic mass is 16.4. The van der Waals surface area contributed by atoms with E-state index in [1.54, 1.807) is 0 Å². The molecule has 0 radical (unpaired) electrons. The molecule has 27 heavy (non-hydrogen) atoms. The number of benzene rings is 2. The second-order valence-corrected chi connectivity index (χ2v) is 6.95. The van der Waals surface area contributed by atoms with E-state index in [4.69, 9.17) is 9.90 Å². The summed E-state index contributed by atoms with van der Waals surface area (Å²) in [5.74, 6) is -0.552. The highest BCUT2D eigenvalue weighted by Gasteiger charge is 2.41. The molecule has 0 bridgehead atoms. The lowest BCUT2D eigenvalue weighted by atomic mass is 9.67. The summed E-state index contributed by atoms with van der Waals surface area (Å²) in [5.41, 5.74) is 1.60. The lowest BCUT2D eigenvalue weighted by Crippen LogP contribution is -2.42. The molecule has 146 valence electrons. The summed E-state index contributed by atoms with van der Waals surface area (Å²) < 4.78 is 0. The molecule has 0 aliphatic carbocycles. The number of hydrogen-bond acceptors (Lipinski definition) is 3. The van der Waals surface area contributed by atoms with E-state index in [1.807, 2.05) is 43.3 Å².